The summed E-state index contributed by atoms with van der Waals surface area (Å²) in [7, 11) is 0. The molecule has 0 bridgehead atoms. The van der Waals surface area contributed by atoms with Gasteiger partial charge in [-0.25, -0.2) is 0 Å². The van der Waals surface area contributed by atoms with Crippen molar-refractivity contribution in [3.8, 4) is 0 Å². The molecule has 1 heterocycles. The Morgan fingerprint density at radius 3 is 3.00 bits per heavy atom. The fourth-order valence-electron chi connectivity index (χ4n) is 1.49. The normalized spacial score (nSPS) is 15.7. The van der Waals surface area contributed by atoms with E-state index < -0.39 is 0 Å². The Bertz CT molecular complexity index is 352. The van der Waals surface area contributed by atoms with E-state index in [0.717, 1.165) is 12.5 Å². The summed E-state index contributed by atoms with van der Waals surface area (Å²) in [6.45, 7) is 4.86. The molecule has 0 aromatic carbocycles. The van der Waals surface area contributed by atoms with Crippen LogP contribution in [0, 0.1) is 5.92 Å². The van der Waals surface area contributed by atoms with Crippen LogP contribution in [0.15, 0.2) is 12.4 Å². The summed E-state index contributed by atoms with van der Waals surface area (Å²) < 4.78 is 1.87. The molecule has 82 valence electrons. The molecule has 0 saturated heterocycles. The lowest BCUT2D eigenvalue weighted by molar-refractivity contribution is 0.0943. The van der Waals surface area contributed by atoms with Gasteiger partial charge >= 0.3 is 0 Å². The molecule has 2 rings (SSSR count). The molecule has 15 heavy (non-hydrogen) atoms. The Hall–Kier alpha value is -1.32. The van der Waals surface area contributed by atoms with E-state index in [4.69, 9.17) is 0 Å². The number of hydrogen-bond donors (Lipinski definition) is 1. The number of nitrogens with zero attached hydrogens (tertiary/aromatic N) is 2. The molecular formula is C11H17N3O. The van der Waals surface area contributed by atoms with E-state index in [1.165, 1.54) is 12.8 Å². The van der Waals surface area contributed by atoms with E-state index in [1.54, 1.807) is 6.20 Å². The van der Waals surface area contributed by atoms with Crippen LogP contribution in [-0.4, -0.2) is 21.7 Å². The Morgan fingerprint density at radius 2 is 2.40 bits per heavy atom. The second-order valence-corrected chi connectivity index (χ2v) is 4.52. The number of amides is 1. The number of carbonyl (C=O) groups is 1. The van der Waals surface area contributed by atoms with Crippen molar-refractivity contribution in [1.82, 2.24) is 15.1 Å². The minimum absolute atomic E-state index is 0.0351. The van der Waals surface area contributed by atoms with E-state index in [9.17, 15) is 4.79 Å². The third-order valence-corrected chi connectivity index (χ3v) is 2.46. The van der Waals surface area contributed by atoms with E-state index in [-0.39, 0.29) is 11.9 Å². The average Bonchev–Trinajstić information content (AvgIpc) is 2.80. The Balaban J connectivity index is 1.95. The molecule has 0 unspecified atom stereocenters. The van der Waals surface area contributed by atoms with E-state index >= 15 is 0 Å². The van der Waals surface area contributed by atoms with Gasteiger partial charge in [-0.3, -0.25) is 9.48 Å². The van der Waals surface area contributed by atoms with Gasteiger partial charge in [0.15, 0.2) is 0 Å². The first-order chi connectivity index (χ1) is 7.15. The summed E-state index contributed by atoms with van der Waals surface area (Å²) in [5.74, 6) is 0.748. The van der Waals surface area contributed by atoms with Crippen LogP contribution in [0.1, 0.15) is 37.0 Å². The zero-order valence-corrected chi connectivity index (χ0v) is 9.23. The van der Waals surface area contributed by atoms with Gasteiger partial charge in [-0.15, -0.1) is 0 Å². The molecule has 1 fully saturated rings. The molecule has 1 aromatic heterocycles. The SMILES string of the molecule is CC(C)NC(=O)c1cnn(CC2CC2)c1. The van der Waals surface area contributed by atoms with Gasteiger partial charge in [0.1, 0.15) is 0 Å². The summed E-state index contributed by atoms with van der Waals surface area (Å²) in [6.07, 6.45) is 6.07. The molecule has 1 N–H and O–H groups in total. The standard InChI is InChI=1S/C11H17N3O/c1-8(2)13-11(15)10-5-12-14(7-10)6-9-3-4-9/h5,7-9H,3-4,6H2,1-2H3,(H,13,15). The van der Waals surface area contributed by atoms with Crippen molar-refractivity contribution >= 4 is 5.91 Å². The van der Waals surface area contributed by atoms with Gasteiger partial charge in [0.25, 0.3) is 5.91 Å². The number of hydrogen-bond acceptors (Lipinski definition) is 2. The van der Waals surface area contributed by atoms with E-state index in [2.05, 4.69) is 10.4 Å². The molecule has 1 aliphatic carbocycles. The molecule has 0 radical (unpaired) electrons. The third kappa shape index (κ3) is 2.81. The largest absolute Gasteiger partial charge is 0.350 e. The van der Waals surface area contributed by atoms with Gasteiger partial charge < -0.3 is 5.32 Å². The first kappa shape index (κ1) is 10.2. The summed E-state index contributed by atoms with van der Waals surface area (Å²) in [6, 6.07) is 0.171. The van der Waals surface area contributed by atoms with Crippen LogP contribution in [0.2, 0.25) is 0 Å². The van der Waals surface area contributed by atoms with Crippen LogP contribution in [0.3, 0.4) is 0 Å². The molecule has 1 saturated carbocycles. The smallest absolute Gasteiger partial charge is 0.254 e. The molecule has 0 aliphatic heterocycles. The molecular weight excluding hydrogens is 190 g/mol. The zero-order chi connectivity index (χ0) is 10.8. The molecule has 4 nitrogen and oxygen atoms in total. The number of carbonyl (C=O) groups excluding carboxylic acids is 1. The summed E-state index contributed by atoms with van der Waals surface area (Å²) in [4.78, 5) is 11.6. The van der Waals surface area contributed by atoms with Crippen LogP contribution in [0.5, 0.6) is 0 Å². The highest BCUT2D eigenvalue weighted by Crippen LogP contribution is 2.30. The van der Waals surface area contributed by atoms with Crippen molar-refractivity contribution in [2.75, 3.05) is 0 Å². The maximum Gasteiger partial charge on any atom is 0.254 e. The van der Waals surface area contributed by atoms with Crippen LogP contribution in [-0.2, 0) is 6.54 Å². The Labute approximate surface area is 89.7 Å². The maximum atomic E-state index is 11.6. The van der Waals surface area contributed by atoms with E-state index in [1.807, 2.05) is 24.7 Å². The molecule has 0 spiro atoms. The fraction of sp³-hybridized carbons (Fsp3) is 0.636. The summed E-state index contributed by atoms with van der Waals surface area (Å²) >= 11 is 0. The van der Waals surface area contributed by atoms with Crippen LogP contribution in [0.25, 0.3) is 0 Å². The molecule has 1 aliphatic rings. The Morgan fingerprint density at radius 1 is 1.67 bits per heavy atom. The molecule has 0 atom stereocenters. The predicted molar refractivity (Wildman–Crippen MR) is 57.6 cm³/mol. The topological polar surface area (TPSA) is 46.9 Å². The highest BCUT2D eigenvalue weighted by atomic mass is 16.1. The van der Waals surface area contributed by atoms with Gasteiger partial charge in [0.05, 0.1) is 11.8 Å². The quantitative estimate of drug-likeness (QED) is 0.812. The number of rotatable bonds is 4. The van der Waals surface area contributed by atoms with Gasteiger partial charge in [0.2, 0.25) is 0 Å². The first-order valence-electron chi connectivity index (χ1n) is 5.48. The van der Waals surface area contributed by atoms with E-state index in [0.29, 0.717) is 5.56 Å². The van der Waals surface area contributed by atoms with Crippen molar-refractivity contribution < 1.29 is 4.79 Å². The van der Waals surface area contributed by atoms with Gasteiger partial charge in [-0.2, -0.15) is 5.10 Å². The lowest BCUT2D eigenvalue weighted by atomic mass is 10.3. The second-order valence-electron chi connectivity index (χ2n) is 4.52. The van der Waals surface area contributed by atoms with Crippen molar-refractivity contribution in [2.45, 2.75) is 39.3 Å². The molecule has 4 heteroatoms. The van der Waals surface area contributed by atoms with Gasteiger partial charge in [0, 0.05) is 18.8 Å². The number of nitrogens with one attached hydrogen (secondary N) is 1. The van der Waals surface area contributed by atoms with Crippen LogP contribution in [0.4, 0.5) is 0 Å². The lowest BCUT2D eigenvalue weighted by Crippen LogP contribution is -2.29. The molecule has 1 amide bonds. The predicted octanol–water partition coefficient (Wildman–Crippen LogP) is 1.43. The highest BCUT2D eigenvalue weighted by molar-refractivity contribution is 5.93. The Kier molecular flexibility index (Phi) is 2.75. The van der Waals surface area contributed by atoms with Crippen LogP contribution >= 0.6 is 0 Å². The highest BCUT2D eigenvalue weighted by Gasteiger charge is 2.22. The summed E-state index contributed by atoms with van der Waals surface area (Å²) in [5, 5.41) is 7.03. The van der Waals surface area contributed by atoms with Crippen molar-refractivity contribution in [3.63, 3.8) is 0 Å². The fourth-order valence-corrected chi connectivity index (χ4v) is 1.49. The maximum absolute atomic E-state index is 11.6. The monoisotopic (exact) mass is 207 g/mol. The lowest BCUT2D eigenvalue weighted by Gasteiger charge is -2.05. The second kappa shape index (κ2) is 4.04. The third-order valence-electron chi connectivity index (χ3n) is 2.46. The first-order valence-corrected chi connectivity index (χ1v) is 5.48. The van der Waals surface area contributed by atoms with Gasteiger partial charge in [-0.1, -0.05) is 0 Å². The van der Waals surface area contributed by atoms with Crippen LogP contribution < -0.4 is 5.32 Å². The zero-order valence-electron chi connectivity index (χ0n) is 9.23. The van der Waals surface area contributed by atoms with Crippen molar-refractivity contribution in [2.24, 2.45) is 5.92 Å². The van der Waals surface area contributed by atoms with Crippen molar-refractivity contribution in [3.05, 3.63) is 18.0 Å². The number of aromatic nitrogens is 2. The molecule has 1 aromatic rings. The van der Waals surface area contributed by atoms with Gasteiger partial charge in [-0.05, 0) is 32.6 Å². The van der Waals surface area contributed by atoms with Crippen molar-refractivity contribution in [1.29, 1.82) is 0 Å². The minimum Gasteiger partial charge on any atom is -0.350 e. The minimum atomic E-state index is -0.0351. The summed E-state index contributed by atoms with van der Waals surface area (Å²) in [5.41, 5.74) is 0.657. The average molecular weight is 207 g/mol.